The van der Waals surface area contributed by atoms with Crippen molar-refractivity contribution in [3.8, 4) is 0 Å². The molecule has 1 amide bonds. The van der Waals surface area contributed by atoms with Crippen LogP contribution in [0.2, 0.25) is 0 Å². The van der Waals surface area contributed by atoms with E-state index in [1.165, 1.54) is 11.1 Å². The van der Waals surface area contributed by atoms with Crippen molar-refractivity contribution >= 4 is 5.91 Å². The predicted octanol–water partition coefficient (Wildman–Crippen LogP) is 2.12. The van der Waals surface area contributed by atoms with Crippen molar-refractivity contribution in [1.29, 1.82) is 0 Å². The van der Waals surface area contributed by atoms with Gasteiger partial charge in [-0.25, -0.2) is 0 Å². The Morgan fingerprint density at radius 2 is 2.00 bits per heavy atom. The van der Waals surface area contributed by atoms with E-state index in [1.54, 1.807) is 0 Å². The quantitative estimate of drug-likeness (QED) is 0.882. The first kappa shape index (κ1) is 13.1. The van der Waals surface area contributed by atoms with Gasteiger partial charge in [-0.1, -0.05) is 29.8 Å². The van der Waals surface area contributed by atoms with Crippen LogP contribution in [0.15, 0.2) is 24.3 Å². The smallest absolute Gasteiger partial charge is 0.223 e. The molecule has 18 heavy (non-hydrogen) atoms. The Balaban J connectivity index is 1.96. The topological polar surface area (TPSA) is 32.3 Å². The average Bonchev–Trinajstić information content (AvgIpc) is 2.32. The molecule has 1 fully saturated rings. The predicted molar refractivity (Wildman–Crippen MR) is 73.3 cm³/mol. The van der Waals surface area contributed by atoms with E-state index in [1.807, 2.05) is 11.9 Å². The molecule has 1 unspecified atom stereocenters. The molecule has 0 aromatic heterocycles. The standard InChI is InChI=1S/C15H22N2O/c1-11-4-6-14(7-5-11)12(2)17(3)15(18)8-13-9-16-10-13/h4-7,12-13,16H,8-10H2,1-3H3. The zero-order chi connectivity index (χ0) is 13.1. The van der Waals surface area contributed by atoms with Crippen LogP contribution in [0, 0.1) is 12.8 Å². The first-order chi connectivity index (χ1) is 8.58. The van der Waals surface area contributed by atoms with E-state index in [2.05, 4.69) is 43.4 Å². The molecule has 3 heteroatoms. The van der Waals surface area contributed by atoms with E-state index < -0.39 is 0 Å². The maximum atomic E-state index is 12.1. The van der Waals surface area contributed by atoms with E-state index in [9.17, 15) is 4.79 Å². The minimum Gasteiger partial charge on any atom is -0.339 e. The summed E-state index contributed by atoms with van der Waals surface area (Å²) in [4.78, 5) is 14.0. The van der Waals surface area contributed by atoms with Gasteiger partial charge in [0.2, 0.25) is 5.91 Å². The lowest BCUT2D eigenvalue weighted by Crippen LogP contribution is -2.45. The summed E-state index contributed by atoms with van der Waals surface area (Å²) in [6.07, 6.45) is 0.666. The summed E-state index contributed by atoms with van der Waals surface area (Å²) in [5, 5.41) is 3.20. The third kappa shape index (κ3) is 2.91. The Kier molecular flexibility index (Phi) is 4.02. The van der Waals surface area contributed by atoms with Crippen LogP contribution in [0.4, 0.5) is 0 Å². The van der Waals surface area contributed by atoms with E-state index >= 15 is 0 Å². The van der Waals surface area contributed by atoms with Gasteiger partial charge in [0.1, 0.15) is 0 Å². The lowest BCUT2D eigenvalue weighted by molar-refractivity contribution is -0.133. The summed E-state index contributed by atoms with van der Waals surface area (Å²) in [6, 6.07) is 8.55. The number of nitrogens with zero attached hydrogens (tertiary/aromatic N) is 1. The largest absolute Gasteiger partial charge is 0.339 e. The van der Waals surface area contributed by atoms with Crippen molar-refractivity contribution in [2.75, 3.05) is 20.1 Å². The monoisotopic (exact) mass is 246 g/mol. The molecule has 1 atom stereocenters. The maximum absolute atomic E-state index is 12.1. The molecule has 1 N–H and O–H groups in total. The van der Waals surface area contributed by atoms with Crippen molar-refractivity contribution in [2.45, 2.75) is 26.3 Å². The van der Waals surface area contributed by atoms with Crippen LogP contribution in [0.5, 0.6) is 0 Å². The molecule has 1 aliphatic heterocycles. The lowest BCUT2D eigenvalue weighted by Gasteiger charge is -2.31. The minimum atomic E-state index is 0.145. The molecule has 0 bridgehead atoms. The number of nitrogens with one attached hydrogen (secondary N) is 1. The second-order valence-corrected chi connectivity index (χ2v) is 5.32. The molecule has 1 saturated heterocycles. The van der Waals surface area contributed by atoms with E-state index in [0.29, 0.717) is 12.3 Å². The van der Waals surface area contributed by atoms with Crippen LogP contribution in [0.1, 0.15) is 30.5 Å². The van der Waals surface area contributed by atoms with Crippen LogP contribution < -0.4 is 5.32 Å². The van der Waals surface area contributed by atoms with Crippen molar-refractivity contribution in [3.63, 3.8) is 0 Å². The highest BCUT2D eigenvalue weighted by Crippen LogP contribution is 2.21. The first-order valence-electron chi connectivity index (χ1n) is 6.61. The summed E-state index contributed by atoms with van der Waals surface area (Å²) < 4.78 is 0. The highest BCUT2D eigenvalue weighted by molar-refractivity contribution is 5.76. The molecule has 1 aromatic carbocycles. The summed E-state index contributed by atoms with van der Waals surface area (Å²) >= 11 is 0. The van der Waals surface area contributed by atoms with Crippen LogP contribution in [-0.4, -0.2) is 30.9 Å². The van der Waals surface area contributed by atoms with Crippen molar-refractivity contribution in [1.82, 2.24) is 10.2 Å². The molecule has 1 aliphatic rings. The van der Waals surface area contributed by atoms with Gasteiger partial charge in [-0.15, -0.1) is 0 Å². The van der Waals surface area contributed by atoms with E-state index in [-0.39, 0.29) is 11.9 Å². The molecule has 0 spiro atoms. The molecule has 3 nitrogen and oxygen atoms in total. The average molecular weight is 246 g/mol. The molecule has 0 aliphatic carbocycles. The SMILES string of the molecule is Cc1ccc(C(C)N(C)C(=O)CC2CNC2)cc1. The van der Waals surface area contributed by atoms with Crippen molar-refractivity contribution in [3.05, 3.63) is 35.4 Å². The van der Waals surface area contributed by atoms with Gasteiger partial charge in [0.05, 0.1) is 6.04 Å². The maximum Gasteiger partial charge on any atom is 0.223 e. The molecule has 98 valence electrons. The van der Waals surface area contributed by atoms with Gasteiger partial charge in [0, 0.05) is 13.5 Å². The highest BCUT2D eigenvalue weighted by atomic mass is 16.2. The number of carbonyl (C=O) groups excluding carboxylic acids is 1. The third-order valence-electron chi connectivity index (χ3n) is 3.86. The zero-order valence-electron chi connectivity index (χ0n) is 11.4. The highest BCUT2D eigenvalue weighted by Gasteiger charge is 2.24. The molecular formula is C15H22N2O. The Bertz CT molecular complexity index is 409. The molecule has 0 radical (unpaired) electrons. The van der Waals surface area contributed by atoms with Gasteiger partial charge in [0.25, 0.3) is 0 Å². The fourth-order valence-corrected chi connectivity index (χ4v) is 2.17. The Hall–Kier alpha value is -1.35. The lowest BCUT2D eigenvalue weighted by atomic mass is 9.98. The number of hydrogen-bond acceptors (Lipinski definition) is 2. The molecule has 1 aromatic rings. The second-order valence-electron chi connectivity index (χ2n) is 5.32. The molecular weight excluding hydrogens is 224 g/mol. The van der Waals surface area contributed by atoms with E-state index in [0.717, 1.165) is 13.1 Å². The van der Waals surface area contributed by atoms with Gasteiger partial charge in [-0.2, -0.15) is 0 Å². The number of benzene rings is 1. The van der Waals surface area contributed by atoms with Gasteiger partial charge < -0.3 is 10.2 Å². The summed E-state index contributed by atoms with van der Waals surface area (Å²) in [7, 11) is 1.90. The van der Waals surface area contributed by atoms with Gasteiger partial charge in [0.15, 0.2) is 0 Å². The van der Waals surface area contributed by atoms with Crippen LogP contribution in [0.25, 0.3) is 0 Å². The normalized spacial score (nSPS) is 17.1. The summed E-state index contributed by atoms with van der Waals surface area (Å²) in [5.41, 5.74) is 2.45. The fourth-order valence-electron chi connectivity index (χ4n) is 2.17. The van der Waals surface area contributed by atoms with Crippen LogP contribution in [-0.2, 0) is 4.79 Å². The fraction of sp³-hybridized carbons (Fsp3) is 0.533. The van der Waals surface area contributed by atoms with Crippen molar-refractivity contribution < 1.29 is 4.79 Å². The number of amides is 1. The van der Waals surface area contributed by atoms with Gasteiger partial charge in [-0.3, -0.25) is 4.79 Å². The Morgan fingerprint density at radius 3 is 2.50 bits per heavy atom. The van der Waals surface area contributed by atoms with Crippen LogP contribution >= 0.6 is 0 Å². The van der Waals surface area contributed by atoms with E-state index in [4.69, 9.17) is 0 Å². The van der Waals surface area contributed by atoms with Crippen molar-refractivity contribution in [2.24, 2.45) is 5.92 Å². The first-order valence-corrected chi connectivity index (χ1v) is 6.61. The summed E-state index contributed by atoms with van der Waals surface area (Å²) in [6.45, 7) is 6.13. The number of aryl methyl sites for hydroxylation is 1. The number of rotatable bonds is 4. The number of carbonyl (C=O) groups is 1. The summed E-state index contributed by atoms with van der Waals surface area (Å²) in [5.74, 6) is 0.778. The second kappa shape index (κ2) is 5.53. The Morgan fingerprint density at radius 1 is 1.39 bits per heavy atom. The zero-order valence-corrected chi connectivity index (χ0v) is 11.4. The Labute approximate surface area is 109 Å². The molecule has 1 heterocycles. The van der Waals surface area contributed by atoms with Gasteiger partial charge >= 0.3 is 0 Å². The molecule has 0 saturated carbocycles. The van der Waals surface area contributed by atoms with Gasteiger partial charge in [-0.05, 0) is 38.4 Å². The third-order valence-corrected chi connectivity index (χ3v) is 3.86. The number of hydrogen-bond donors (Lipinski definition) is 1. The van der Waals surface area contributed by atoms with Crippen LogP contribution in [0.3, 0.4) is 0 Å². The minimum absolute atomic E-state index is 0.145. The molecule has 2 rings (SSSR count).